The van der Waals surface area contributed by atoms with Crippen molar-refractivity contribution in [3.63, 3.8) is 0 Å². The molecule has 2 aromatic heterocycles. The molecular weight excluding hydrogens is 462 g/mol. The third-order valence-corrected chi connectivity index (χ3v) is 6.66. The van der Waals surface area contributed by atoms with E-state index in [2.05, 4.69) is 42.8 Å². The molecule has 1 fully saturated rings. The molecule has 1 amide bonds. The lowest BCUT2D eigenvalue weighted by Crippen LogP contribution is -2.32. The van der Waals surface area contributed by atoms with Crippen molar-refractivity contribution in [1.82, 2.24) is 25.2 Å². The minimum absolute atomic E-state index is 0.149. The highest BCUT2D eigenvalue weighted by Gasteiger charge is 2.19. The van der Waals surface area contributed by atoms with E-state index in [0.717, 1.165) is 42.1 Å². The molecular formula is C29H31N7O. The number of hydrogen-bond donors (Lipinski definition) is 3. The smallest absolute Gasteiger partial charge is 0.255 e. The van der Waals surface area contributed by atoms with Gasteiger partial charge in [0.25, 0.3) is 5.91 Å². The monoisotopic (exact) mass is 493 g/mol. The van der Waals surface area contributed by atoms with Crippen LogP contribution in [0, 0.1) is 6.92 Å². The first-order valence-corrected chi connectivity index (χ1v) is 12.5. The van der Waals surface area contributed by atoms with E-state index in [1.165, 1.54) is 12.0 Å². The van der Waals surface area contributed by atoms with Crippen LogP contribution in [-0.2, 0) is 6.54 Å². The van der Waals surface area contributed by atoms with Crippen LogP contribution < -0.4 is 16.0 Å². The molecule has 0 bridgehead atoms. The van der Waals surface area contributed by atoms with Gasteiger partial charge in [-0.2, -0.15) is 0 Å². The Morgan fingerprint density at radius 1 is 1.11 bits per heavy atom. The Morgan fingerprint density at radius 3 is 2.73 bits per heavy atom. The summed E-state index contributed by atoms with van der Waals surface area (Å²) in [5, 5.41) is 9.70. The fourth-order valence-electron chi connectivity index (χ4n) is 4.45. The number of aryl methyl sites for hydroxylation is 1. The molecule has 8 heteroatoms. The van der Waals surface area contributed by atoms with Crippen LogP contribution >= 0.6 is 0 Å². The summed E-state index contributed by atoms with van der Waals surface area (Å²) in [5.41, 5.74) is 6.04. The molecule has 0 radical (unpaired) electrons. The molecule has 1 aliphatic heterocycles. The standard InChI is InChI=1S/C29H31N7O/c1-20-5-10-24(16-27(20)35-29-32-15-12-26(34-29)23-4-3-13-30-17-23)33-28(37)22-8-6-21(7-9-22)19-36(2)25-11-14-31-18-25/h3-10,12-13,15-17,25,31H,11,14,18-19H2,1-2H3,(H,33,37)(H,32,34,35). The first-order chi connectivity index (χ1) is 18.0. The average Bonchev–Trinajstić information content (AvgIpc) is 3.47. The number of nitrogens with zero attached hydrogens (tertiary/aromatic N) is 4. The van der Waals surface area contributed by atoms with Gasteiger partial charge in [0.1, 0.15) is 0 Å². The van der Waals surface area contributed by atoms with Crippen molar-refractivity contribution < 1.29 is 4.79 Å². The number of carbonyl (C=O) groups excluding carboxylic acids is 1. The van der Waals surface area contributed by atoms with E-state index in [1.807, 2.05) is 67.6 Å². The van der Waals surface area contributed by atoms with Gasteiger partial charge in [0.2, 0.25) is 5.95 Å². The highest BCUT2D eigenvalue weighted by molar-refractivity contribution is 6.04. The van der Waals surface area contributed by atoms with Gasteiger partial charge >= 0.3 is 0 Å². The zero-order valence-corrected chi connectivity index (χ0v) is 21.1. The van der Waals surface area contributed by atoms with Gasteiger partial charge in [-0.1, -0.05) is 18.2 Å². The zero-order valence-electron chi connectivity index (χ0n) is 21.1. The van der Waals surface area contributed by atoms with Gasteiger partial charge in [0.15, 0.2) is 0 Å². The molecule has 3 N–H and O–H groups in total. The van der Waals surface area contributed by atoms with Gasteiger partial charge in [0, 0.05) is 60.2 Å². The van der Waals surface area contributed by atoms with E-state index in [4.69, 9.17) is 0 Å². The quantitative estimate of drug-likeness (QED) is 0.329. The van der Waals surface area contributed by atoms with Crippen LogP contribution in [0.25, 0.3) is 11.3 Å². The summed E-state index contributed by atoms with van der Waals surface area (Å²) in [6.45, 7) is 4.98. The van der Waals surface area contributed by atoms with E-state index in [0.29, 0.717) is 23.2 Å². The van der Waals surface area contributed by atoms with Gasteiger partial charge in [0.05, 0.1) is 5.69 Å². The van der Waals surface area contributed by atoms with Crippen LogP contribution in [0.15, 0.2) is 79.3 Å². The minimum atomic E-state index is -0.149. The van der Waals surface area contributed by atoms with Crippen molar-refractivity contribution in [2.75, 3.05) is 30.8 Å². The van der Waals surface area contributed by atoms with Crippen molar-refractivity contribution in [3.8, 4) is 11.3 Å². The zero-order chi connectivity index (χ0) is 25.6. The number of hydrogen-bond acceptors (Lipinski definition) is 7. The summed E-state index contributed by atoms with van der Waals surface area (Å²) in [7, 11) is 2.15. The van der Waals surface area contributed by atoms with Gasteiger partial charge in [-0.05, 0) is 80.5 Å². The lowest BCUT2D eigenvalue weighted by atomic mass is 10.1. The summed E-state index contributed by atoms with van der Waals surface area (Å²) >= 11 is 0. The van der Waals surface area contributed by atoms with Crippen LogP contribution in [-0.4, -0.2) is 51.9 Å². The Bertz CT molecular complexity index is 1350. The molecule has 4 aromatic rings. The topological polar surface area (TPSA) is 95.1 Å². The first kappa shape index (κ1) is 24.5. The second kappa shape index (κ2) is 11.3. The summed E-state index contributed by atoms with van der Waals surface area (Å²) in [4.78, 5) is 28.4. The molecule has 1 atom stereocenters. The first-order valence-electron chi connectivity index (χ1n) is 12.5. The summed E-state index contributed by atoms with van der Waals surface area (Å²) < 4.78 is 0. The highest BCUT2D eigenvalue weighted by Crippen LogP contribution is 2.25. The highest BCUT2D eigenvalue weighted by atomic mass is 16.1. The summed E-state index contributed by atoms with van der Waals surface area (Å²) in [5.74, 6) is 0.325. The normalized spacial score (nSPS) is 15.1. The molecule has 5 rings (SSSR count). The van der Waals surface area contributed by atoms with Crippen LogP contribution in [0.3, 0.4) is 0 Å². The predicted octanol–water partition coefficient (Wildman–Crippen LogP) is 4.64. The van der Waals surface area contributed by atoms with Crippen LogP contribution in [0.4, 0.5) is 17.3 Å². The number of pyridine rings is 1. The molecule has 2 aromatic carbocycles. The van der Waals surface area contributed by atoms with Gasteiger partial charge in [-0.25, -0.2) is 9.97 Å². The number of rotatable bonds is 8. The van der Waals surface area contributed by atoms with Gasteiger partial charge in [-0.3, -0.25) is 14.7 Å². The van der Waals surface area contributed by atoms with Crippen molar-refractivity contribution >= 4 is 23.2 Å². The Kier molecular flexibility index (Phi) is 7.49. The molecule has 0 spiro atoms. The summed E-state index contributed by atoms with van der Waals surface area (Å²) in [6, 6.07) is 19.8. The Labute approximate surface area is 217 Å². The van der Waals surface area contributed by atoms with Crippen LogP contribution in [0.2, 0.25) is 0 Å². The predicted molar refractivity (Wildman–Crippen MR) is 147 cm³/mol. The average molecular weight is 494 g/mol. The van der Waals surface area contributed by atoms with Gasteiger partial charge < -0.3 is 16.0 Å². The molecule has 1 saturated heterocycles. The molecule has 37 heavy (non-hydrogen) atoms. The number of amides is 1. The fraction of sp³-hybridized carbons (Fsp3) is 0.241. The maximum absolute atomic E-state index is 12.9. The largest absolute Gasteiger partial charge is 0.324 e. The minimum Gasteiger partial charge on any atom is -0.324 e. The number of nitrogens with one attached hydrogen (secondary N) is 3. The molecule has 0 aliphatic carbocycles. The fourth-order valence-corrected chi connectivity index (χ4v) is 4.45. The molecule has 3 heterocycles. The second-order valence-electron chi connectivity index (χ2n) is 9.37. The molecule has 1 aliphatic rings. The van der Waals surface area contributed by atoms with Crippen molar-refractivity contribution in [1.29, 1.82) is 0 Å². The van der Waals surface area contributed by atoms with Crippen molar-refractivity contribution in [2.24, 2.45) is 0 Å². The Morgan fingerprint density at radius 2 is 1.97 bits per heavy atom. The Hall–Kier alpha value is -4.14. The summed E-state index contributed by atoms with van der Waals surface area (Å²) in [6.07, 6.45) is 6.39. The third kappa shape index (κ3) is 6.17. The maximum atomic E-state index is 12.9. The maximum Gasteiger partial charge on any atom is 0.255 e. The second-order valence-corrected chi connectivity index (χ2v) is 9.37. The third-order valence-electron chi connectivity index (χ3n) is 6.66. The van der Waals surface area contributed by atoms with E-state index in [-0.39, 0.29) is 5.91 Å². The number of carbonyl (C=O) groups is 1. The molecule has 188 valence electrons. The number of aromatic nitrogens is 3. The lowest BCUT2D eigenvalue weighted by Gasteiger charge is -2.23. The number of anilines is 3. The Balaban J connectivity index is 1.24. The van der Waals surface area contributed by atoms with E-state index in [9.17, 15) is 4.79 Å². The van der Waals surface area contributed by atoms with E-state index >= 15 is 0 Å². The van der Waals surface area contributed by atoms with Crippen LogP contribution in [0.5, 0.6) is 0 Å². The van der Waals surface area contributed by atoms with Gasteiger partial charge in [-0.15, -0.1) is 0 Å². The SMILES string of the molecule is Cc1ccc(NC(=O)c2ccc(CN(C)C3CCNC3)cc2)cc1Nc1nccc(-c2cccnc2)n1. The van der Waals surface area contributed by atoms with Crippen molar-refractivity contribution in [2.45, 2.75) is 25.9 Å². The lowest BCUT2D eigenvalue weighted by molar-refractivity contribution is 0.102. The van der Waals surface area contributed by atoms with E-state index in [1.54, 1.807) is 18.6 Å². The van der Waals surface area contributed by atoms with E-state index < -0.39 is 0 Å². The number of likely N-dealkylation sites (N-methyl/N-ethyl adjacent to an activating group) is 1. The number of benzene rings is 2. The molecule has 8 nitrogen and oxygen atoms in total. The van der Waals surface area contributed by atoms with Crippen molar-refractivity contribution in [3.05, 3.63) is 95.9 Å². The van der Waals surface area contributed by atoms with Crippen LogP contribution in [0.1, 0.15) is 27.9 Å². The molecule has 0 saturated carbocycles. The molecule has 1 unspecified atom stereocenters.